The summed E-state index contributed by atoms with van der Waals surface area (Å²) in [5.74, 6) is 1.08. The van der Waals surface area contributed by atoms with Crippen molar-refractivity contribution in [2.45, 2.75) is 6.42 Å². The maximum absolute atomic E-state index is 8.86. The van der Waals surface area contributed by atoms with Gasteiger partial charge in [-0.1, -0.05) is 12.1 Å². The average Bonchev–Trinajstić information content (AvgIpc) is 2.91. The molecule has 0 fully saturated rings. The molecule has 0 aliphatic rings. The normalized spacial score (nSPS) is 10.8. The lowest BCUT2D eigenvalue weighted by Crippen LogP contribution is -1.94. The van der Waals surface area contributed by atoms with Crippen molar-refractivity contribution in [2.75, 3.05) is 6.61 Å². The predicted octanol–water partition coefficient (Wildman–Crippen LogP) is 1.45. The van der Waals surface area contributed by atoms with Gasteiger partial charge in [-0.15, -0.1) is 10.2 Å². The molecule has 19 heavy (non-hydrogen) atoms. The molecular weight excluding hydrogens is 244 g/mol. The number of fused-ring (bicyclic) bond motifs is 1. The van der Waals surface area contributed by atoms with Crippen molar-refractivity contribution in [2.24, 2.45) is 0 Å². The molecule has 2 aromatic heterocycles. The Morgan fingerprint density at radius 1 is 1.21 bits per heavy atom. The van der Waals surface area contributed by atoms with Crippen molar-refractivity contribution in [3.8, 4) is 11.6 Å². The largest absolute Gasteiger partial charge is 0.436 e. The number of nitrogens with zero attached hydrogens (tertiary/aromatic N) is 4. The average molecular weight is 256 g/mol. The summed E-state index contributed by atoms with van der Waals surface area (Å²) in [4.78, 5) is 4.15. The number of hydrogen-bond donors (Lipinski definition) is 1. The van der Waals surface area contributed by atoms with Gasteiger partial charge in [0.25, 0.3) is 5.88 Å². The first-order valence-electron chi connectivity index (χ1n) is 5.89. The standard InChI is InChI=1S/C13H12N4O2/c18-8-5-10-1-3-11(4-2-10)19-13-12-16-15-9-17(12)7-6-14-13/h1-4,6-7,9,18H,5,8H2. The van der Waals surface area contributed by atoms with Crippen LogP contribution in [0.5, 0.6) is 11.6 Å². The van der Waals surface area contributed by atoms with Gasteiger partial charge in [-0.25, -0.2) is 4.98 Å². The Balaban J connectivity index is 1.86. The van der Waals surface area contributed by atoms with E-state index in [9.17, 15) is 0 Å². The van der Waals surface area contributed by atoms with Crippen molar-refractivity contribution in [3.63, 3.8) is 0 Å². The van der Waals surface area contributed by atoms with Crippen LogP contribution in [0.1, 0.15) is 5.56 Å². The van der Waals surface area contributed by atoms with E-state index in [2.05, 4.69) is 15.2 Å². The van der Waals surface area contributed by atoms with Crippen LogP contribution in [0.3, 0.4) is 0 Å². The second-order valence-corrected chi connectivity index (χ2v) is 4.01. The first-order valence-corrected chi connectivity index (χ1v) is 5.89. The third kappa shape index (κ3) is 2.38. The van der Waals surface area contributed by atoms with Crippen LogP contribution in [0.25, 0.3) is 5.65 Å². The lowest BCUT2D eigenvalue weighted by molar-refractivity contribution is 0.299. The molecule has 6 heteroatoms. The molecule has 1 aromatic carbocycles. The van der Waals surface area contributed by atoms with Crippen molar-refractivity contribution in [3.05, 3.63) is 48.5 Å². The molecule has 2 heterocycles. The topological polar surface area (TPSA) is 72.5 Å². The van der Waals surface area contributed by atoms with Gasteiger partial charge in [0.1, 0.15) is 12.1 Å². The highest BCUT2D eigenvalue weighted by atomic mass is 16.5. The fourth-order valence-corrected chi connectivity index (χ4v) is 1.77. The molecule has 0 saturated carbocycles. The molecule has 0 unspecified atom stereocenters. The molecule has 0 aliphatic carbocycles. The smallest absolute Gasteiger partial charge is 0.265 e. The summed E-state index contributed by atoms with van der Waals surface area (Å²) in [7, 11) is 0. The van der Waals surface area contributed by atoms with Crippen LogP contribution in [0.2, 0.25) is 0 Å². The highest BCUT2D eigenvalue weighted by Gasteiger charge is 2.07. The van der Waals surface area contributed by atoms with Crippen molar-refractivity contribution >= 4 is 5.65 Å². The van der Waals surface area contributed by atoms with E-state index < -0.39 is 0 Å². The van der Waals surface area contributed by atoms with E-state index in [1.165, 1.54) is 0 Å². The quantitative estimate of drug-likeness (QED) is 0.765. The molecule has 0 saturated heterocycles. The summed E-state index contributed by atoms with van der Waals surface area (Å²) >= 11 is 0. The third-order valence-corrected chi connectivity index (χ3v) is 2.72. The summed E-state index contributed by atoms with van der Waals surface area (Å²) in [6.45, 7) is 0.140. The molecule has 6 nitrogen and oxygen atoms in total. The summed E-state index contributed by atoms with van der Waals surface area (Å²) in [5.41, 5.74) is 1.63. The van der Waals surface area contributed by atoms with Crippen LogP contribution in [0, 0.1) is 0 Å². The fourth-order valence-electron chi connectivity index (χ4n) is 1.77. The molecule has 0 amide bonds. The molecule has 0 atom stereocenters. The minimum atomic E-state index is 0.140. The Kier molecular flexibility index (Phi) is 3.07. The lowest BCUT2D eigenvalue weighted by Gasteiger charge is -2.06. The molecule has 0 aliphatic heterocycles. The van der Waals surface area contributed by atoms with E-state index in [4.69, 9.17) is 9.84 Å². The molecule has 0 spiro atoms. The van der Waals surface area contributed by atoms with E-state index >= 15 is 0 Å². The first-order chi connectivity index (χ1) is 9.36. The van der Waals surface area contributed by atoms with Gasteiger partial charge in [-0.05, 0) is 24.1 Å². The Hall–Kier alpha value is -2.47. The number of aliphatic hydroxyl groups is 1. The molecule has 96 valence electrons. The Labute approximate surface area is 109 Å². The fraction of sp³-hybridized carbons (Fsp3) is 0.154. The van der Waals surface area contributed by atoms with Gasteiger partial charge in [-0.2, -0.15) is 0 Å². The van der Waals surface area contributed by atoms with E-state index in [1.54, 1.807) is 23.1 Å². The monoisotopic (exact) mass is 256 g/mol. The van der Waals surface area contributed by atoms with Crippen molar-refractivity contribution in [1.29, 1.82) is 0 Å². The predicted molar refractivity (Wildman–Crippen MR) is 68.1 cm³/mol. The van der Waals surface area contributed by atoms with Crippen molar-refractivity contribution in [1.82, 2.24) is 19.6 Å². The SMILES string of the molecule is OCCc1ccc(Oc2nccn3cnnc23)cc1. The van der Waals surface area contributed by atoms with Crippen LogP contribution < -0.4 is 4.74 Å². The van der Waals surface area contributed by atoms with Gasteiger partial charge in [-0.3, -0.25) is 4.40 Å². The summed E-state index contributed by atoms with van der Waals surface area (Å²) in [6, 6.07) is 7.50. The van der Waals surface area contributed by atoms with Crippen LogP contribution in [0.15, 0.2) is 43.0 Å². The zero-order valence-corrected chi connectivity index (χ0v) is 10.1. The molecule has 3 rings (SSSR count). The Morgan fingerprint density at radius 2 is 2.05 bits per heavy atom. The second kappa shape index (κ2) is 5.03. The number of ether oxygens (including phenoxy) is 1. The van der Waals surface area contributed by atoms with Gasteiger partial charge >= 0.3 is 0 Å². The summed E-state index contributed by atoms with van der Waals surface area (Å²) < 4.78 is 7.42. The number of benzene rings is 1. The maximum atomic E-state index is 8.86. The molecule has 1 N–H and O–H groups in total. The molecule has 3 aromatic rings. The number of rotatable bonds is 4. The highest BCUT2D eigenvalue weighted by Crippen LogP contribution is 2.22. The van der Waals surface area contributed by atoms with Gasteiger partial charge < -0.3 is 9.84 Å². The summed E-state index contributed by atoms with van der Waals surface area (Å²) in [5, 5.41) is 16.6. The van der Waals surface area contributed by atoms with Crippen LogP contribution in [0.4, 0.5) is 0 Å². The van der Waals surface area contributed by atoms with E-state index in [0.29, 0.717) is 23.7 Å². The minimum absolute atomic E-state index is 0.140. The van der Waals surface area contributed by atoms with Gasteiger partial charge in [0.05, 0.1) is 0 Å². The lowest BCUT2D eigenvalue weighted by atomic mass is 10.1. The van der Waals surface area contributed by atoms with Crippen molar-refractivity contribution < 1.29 is 9.84 Å². The summed E-state index contributed by atoms with van der Waals surface area (Å²) in [6.07, 6.45) is 5.62. The molecule has 0 radical (unpaired) electrons. The molecule has 0 bridgehead atoms. The highest BCUT2D eigenvalue weighted by molar-refractivity contribution is 5.49. The maximum Gasteiger partial charge on any atom is 0.265 e. The number of aromatic nitrogens is 4. The first kappa shape index (κ1) is 11.6. The number of hydrogen-bond acceptors (Lipinski definition) is 5. The zero-order valence-electron chi connectivity index (χ0n) is 10.1. The Bertz CT molecular complexity index is 678. The number of aliphatic hydroxyl groups excluding tert-OH is 1. The zero-order chi connectivity index (χ0) is 13.1. The third-order valence-electron chi connectivity index (χ3n) is 2.72. The second-order valence-electron chi connectivity index (χ2n) is 4.01. The van der Waals surface area contributed by atoms with Crippen LogP contribution >= 0.6 is 0 Å². The minimum Gasteiger partial charge on any atom is -0.436 e. The van der Waals surface area contributed by atoms with Gasteiger partial charge in [0.15, 0.2) is 0 Å². The van der Waals surface area contributed by atoms with Gasteiger partial charge in [0, 0.05) is 19.0 Å². The van der Waals surface area contributed by atoms with E-state index in [1.807, 2.05) is 24.3 Å². The van der Waals surface area contributed by atoms with Crippen LogP contribution in [-0.2, 0) is 6.42 Å². The Morgan fingerprint density at radius 3 is 2.84 bits per heavy atom. The van der Waals surface area contributed by atoms with E-state index in [0.717, 1.165) is 5.56 Å². The van der Waals surface area contributed by atoms with Crippen LogP contribution in [-0.4, -0.2) is 31.3 Å². The molecular formula is C13H12N4O2. The van der Waals surface area contributed by atoms with Gasteiger partial charge in [0.2, 0.25) is 5.65 Å². The van der Waals surface area contributed by atoms with E-state index in [-0.39, 0.29) is 6.61 Å².